The standard InChI is InChI=1S/C13H14BrN3O/c14-5-9-4-12(18)17(7-9)8-10-3-11-1-2-15-13(11)16-6-10/h1-3,6,9H,4-5,7-8H2,(H,15,16). The molecule has 2 aromatic heterocycles. The number of carbonyl (C=O) groups is 1. The monoisotopic (exact) mass is 307 g/mol. The summed E-state index contributed by atoms with van der Waals surface area (Å²) in [6, 6.07) is 4.09. The first-order chi connectivity index (χ1) is 8.76. The minimum absolute atomic E-state index is 0.244. The van der Waals surface area contributed by atoms with E-state index in [9.17, 15) is 4.79 Å². The Bertz CT molecular complexity index is 580. The van der Waals surface area contributed by atoms with Crippen molar-refractivity contribution >= 4 is 32.9 Å². The van der Waals surface area contributed by atoms with E-state index in [0.29, 0.717) is 18.9 Å². The SMILES string of the molecule is O=C1CC(CBr)CN1Cc1cnc2[nH]ccc2c1. The van der Waals surface area contributed by atoms with Crippen LogP contribution in [0.1, 0.15) is 12.0 Å². The van der Waals surface area contributed by atoms with Crippen molar-refractivity contribution in [3.8, 4) is 0 Å². The zero-order valence-electron chi connectivity index (χ0n) is 9.90. The third-order valence-corrected chi connectivity index (χ3v) is 4.26. The van der Waals surface area contributed by atoms with Crippen LogP contribution >= 0.6 is 15.9 Å². The maximum Gasteiger partial charge on any atom is 0.223 e. The minimum Gasteiger partial charge on any atom is -0.346 e. The number of pyridine rings is 1. The smallest absolute Gasteiger partial charge is 0.223 e. The summed E-state index contributed by atoms with van der Waals surface area (Å²) < 4.78 is 0. The first kappa shape index (κ1) is 11.7. The lowest BCUT2D eigenvalue weighted by molar-refractivity contribution is -0.128. The van der Waals surface area contributed by atoms with Crippen LogP contribution in [-0.2, 0) is 11.3 Å². The largest absolute Gasteiger partial charge is 0.346 e. The highest BCUT2D eigenvalue weighted by atomic mass is 79.9. The first-order valence-corrected chi connectivity index (χ1v) is 7.14. The van der Waals surface area contributed by atoms with Crippen molar-refractivity contribution in [3.63, 3.8) is 0 Å². The quantitative estimate of drug-likeness (QED) is 0.885. The number of H-pyrrole nitrogens is 1. The number of hydrogen-bond donors (Lipinski definition) is 1. The molecule has 0 saturated carbocycles. The molecule has 1 amide bonds. The molecule has 2 aromatic rings. The van der Waals surface area contributed by atoms with E-state index in [2.05, 4.69) is 32.0 Å². The van der Waals surface area contributed by atoms with Gasteiger partial charge in [0.05, 0.1) is 0 Å². The number of carbonyl (C=O) groups excluding carboxylic acids is 1. The van der Waals surface area contributed by atoms with E-state index in [1.54, 1.807) is 0 Å². The van der Waals surface area contributed by atoms with Gasteiger partial charge in [0.1, 0.15) is 5.65 Å². The normalized spacial score (nSPS) is 19.9. The number of aromatic nitrogens is 2. The number of nitrogens with zero attached hydrogens (tertiary/aromatic N) is 2. The molecule has 0 radical (unpaired) electrons. The van der Waals surface area contributed by atoms with Crippen molar-refractivity contribution in [2.45, 2.75) is 13.0 Å². The topological polar surface area (TPSA) is 49.0 Å². The third-order valence-electron chi connectivity index (χ3n) is 3.34. The van der Waals surface area contributed by atoms with E-state index in [0.717, 1.165) is 28.5 Å². The van der Waals surface area contributed by atoms with E-state index in [1.165, 1.54) is 0 Å². The zero-order chi connectivity index (χ0) is 12.5. The number of fused-ring (bicyclic) bond motifs is 1. The average Bonchev–Trinajstić information content (AvgIpc) is 2.96. The number of likely N-dealkylation sites (tertiary alicyclic amines) is 1. The van der Waals surface area contributed by atoms with Gasteiger partial charge in [-0.1, -0.05) is 15.9 Å². The van der Waals surface area contributed by atoms with Crippen LogP contribution in [-0.4, -0.2) is 32.6 Å². The van der Waals surface area contributed by atoms with Gasteiger partial charge in [-0.3, -0.25) is 4.79 Å². The number of halogens is 1. The molecule has 1 aliphatic heterocycles. The lowest BCUT2D eigenvalue weighted by Gasteiger charge is -2.16. The Balaban J connectivity index is 1.77. The van der Waals surface area contributed by atoms with Crippen molar-refractivity contribution in [1.82, 2.24) is 14.9 Å². The van der Waals surface area contributed by atoms with Crippen LogP contribution in [0.25, 0.3) is 11.0 Å². The Kier molecular flexibility index (Phi) is 3.07. The highest BCUT2D eigenvalue weighted by Gasteiger charge is 2.28. The Morgan fingerprint density at radius 2 is 2.44 bits per heavy atom. The molecule has 0 aliphatic carbocycles. The van der Waals surface area contributed by atoms with Gasteiger partial charge in [0.25, 0.3) is 0 Å². The Morgan fingerprint density at radius 3 is 3.22 bits per heavy atom. The van der Waals surface area contributed by atoms with Crippen molar-refractivity contribution in [2.75, 3.05) is 11.9 Å². The Morgan fingerprint density at radius 1 is 1.56 bits per heavy atom. The summed E-state index contributed by atoms with van der Waals surface area (Å²) in [6.45, 7) is 1.51. The molecule has 18 heavy (non-hydrogen) atoms. The molecule has 1 unspecified atom stereocenters. The molecule has 94 valence electrons. The van der Waals surface area contributed by atoms with E-state index in [-0.39, 0.29) is 5.91 Å². The van der Waals surface area contributed by atoms with Gasteiger partial charge in [0, 0.05) is 42.6 Å². The minimum atomic E-state index is 0.244. The molecule has 3 heterocycles. The van der Waals surface area contributed by atoms with Crippen molar-refractivity contribution in [2.24, 2.45) is 5.92 Å². The Hall–Kier alpha value is -1.36. The molecule has 1 aliphatic rings. The first-order valence-electron chi connectivity index (χ1n) is 6.02. The molecule has 3 rings (SSSR count). The lowest BCUT2D eigenvalue weighted by atomic mass is 10.2. The van der Waals surface area contributed by atoms with Crippen molar-refractivity contribution in [1.29, 1.82) is 0 Å². The van der Waals surface area contributed by atoms with Crippen LogP contribution in [0.3, 0.4) is 0 Å². The number of amides is 1. The third kappa shape index (κ3) is 2.14. The van der Waals surface area contributed by atoms with Gasteiger partial charge in [0.2, 0.25) is 5.91 Å². The van der Waals surface area contributed by atoms with Gasteiger partial charge in [-0.25, -0.2) is 4.98 Å². The average molecular weight is 308 g/mol. The van der Waals surface area contributed by atoms with Crippen LogP contribution < -0.4 is 0 Å². The summed E-state index contributed by atoms with van der Waals surface area (Å²) >= 11 is 3.45. The second-order valence-electron chi connectivity index (χ2n) is 4.76. The second-order valence-corrected chi connectivity index (χ2v) is 5.41. The molecule has 1 fully saturated rings. The number of alkyl halides is 1. The summed E-state index contributed by atoms with van der Waals surface area (Å²) in [6.07, 6.45) is 4.38. The van der Waals surface area contributed by atoms with Gasteiger partial charge < -0.3 is 9.88 Å². The van der Waals surface area contributed by atoms with E-state index in [4.69, 9.17) is 0 Å². The number of aromatic amines is 1. The fourth-order valence-corrected chi connectivity index (χ4v) is 2.84. The van der Waals surface area contributed by atoms with Crippen LogP contribution in [0.2, 0.25) is 0 Å². The summed E-state index contributed by atoms with van der Waals surface area (Å²) in [7, 11) is 0. The van der Waals surface area contributed by atoms with E-state index >= 15 is 0 Å². The number of hydrogen-bond acceptors (Lipinski definition) is 2. The number of rotatable bonds is 3. The van der Waals surface area contributed by atoms with Crippen molar-refractivity contribution < 1.29 is 4.79 Å². The van der Waals surface area contributed by atoms with Gasteiger partial charge in [-0.05, 0) is 23.6 Å². The summed E-state index contributed by atoms with van der Waals surface area (Å²) in [5, 5.41) is 1.99. The maximum absolute atomic E-state index is 11.8. The van der Waals surface area contributed by atoms with E-state index in [1.807, 2.05) is 23.4 Å². The molecule has 1 saturated heterocycles. The molecular weight excluding hydrogens is 294 g/mol. The molecular formula is C13H14BrN3O. The zero-order valence-corrected chi connectivity index (χ0v) is 11.5. The second kappa shape index (κ2) is 4.72. The highest BCUT2D eigenvalue weighted by Crippen LogP contribution is 2.22. The predicted molar refractivity (Wildman–Crippen MR) is 73.4 cm³/mol. The van der Waals surface area contributed by atoms with Gasteiger partial charge >= 0.3 is 0 Å². The van der Waals surface area contributed by atoms with Crippen LogP contribution in [0.5, 0.6) is 0 Å². The summed E-state index contributed by atoms with van der Waals surface area (Å²) in [5.74, 6) is 0.690. The van der Waals surface area contributed by atoms with E-state index < -0.39 is 0 Å². The molecule has 0 spiro atoms. The van der Waals surface area contributed by atoms with Gasteiger partial charge in [-0.2, -0.15) is 0 Å². The molecule has 4 nitrogen and oxygen atoms in total. The summed E-state index contributed by atoms with van der Waals surface area (Å²) in [4.78, 5) is 21.2. The predicted octanol–water partition coefficient (Wildman–Crippen LogP) is 2.31. The molecule has 0 bridgehead atoms. The van der Waals surface area contributed by atoms with Crippen molar-refractivity contribution in [3.05, 3.63) is 30.1 Å². The number of nitrogens with one attached hydrogen (secondary N) is 1. The van der Waals surface area contributed by atoms with Crippen LogP contribution in [0.15, 0.2) is 24.5 Å². The lowest BCUT2D eigenvalue weighted by Crippen LogP contribution is -2.24. The van der Waals surface area contributed by atoms with Crippen LogP contribution in [0, 0.1) is 5.92 Å². The molecule has 1 atom stereocenters. The Labute approximate surface area is 114 Å². The van der Waals surface area contributed by atoms with Crippen LogP contribution in [0.4, 0.5) is 0 Å². The fourth-order valence-electron chi connectivity index (χ4n) is 2.40. The highest BCUT2D eigenvalue weighted by molar-refractivity contribution is 9.09. The molecule has 5 heteroatoms. The fraction of sp³-hybridized carbons (Fsp3) is 0.385. The molecule has 1 N–H and O–H groups in total. The molecule has 0 aromatic carbocycles. The maximum atomic E-state index is 11.8. The van der Waals surface area contributed by atoms with Gasteiger partial charge in [0.15, 0.2) is 0 Å². The summed E-state index contributed by atoms with van der Waals surface area (Å²) in [5.41, 5.74) is 1.98. The van der Waals surface area contributed by atoms with Gasteiger partial charge in [-0.15, -0.1) is 0 Å².